The van der Waals surface area contributed by atoms with Gasteiger partial charge in [0, 0.05) is 31.2 Å². The summed E-state index contributed by atoms with van der Waals surface area (Å²) in [5.41, 5.74) is 1.32. The van der Waals surface area contributed by atoms with Crippen LogP contribution in [0.3, 0.4) is 0 Å². The summed E-state index contributed by atoms with van der Waals surface area (Å²) in [6.07, 6.45) is 5.37. The zero-order valence-electron chi connectivity index (χ0n) is 18.4. The smallest absolute Gasteiger partial charge is 0.287 e. The van der Waals surface area contributed by atoms with Crippen molar-refractivity contribution in [3.8, 4) is 0 Å². The van der Waals surface area contributed by atoms with E-state index in [1.807, 2.05) is 11.8 Å². The molecule has 0 radical (unpaired) electrons. The van der Waals surface area contributed by atoms with Crippen LogP contribution in [-0.4, -0.2) is 50.1 Å². The van der Waals surface area contributed by atoms with Gasteiger partial charge >= 0.3 is 0 Å². The van der Waals surface area contributed by atoms with Crippen molar-refractivity contribution < 1.29 is 22.8 Å². The highest BCUT2D eigenvalue weighted by Crippen LogP contribution is 2.40. The number of pyridine rings is 1. The molecule has 2 N–H and O–H groups in total. The number of carbonyl (C=O) groups excluding carboxylic acids is 2. The third kappa shape index (κ3) is 5.85. The zero-order valence-corrected chi connectivity index (χ0v) is 19.2. The van der Waals surface area contributed by atoms with Crippen LogP contribution < -0.4 is 5.32 Å². The van der Waals surface area contributed by atoms with Crippen molar-refractivity contribution in [2.24, 2.45) is 11.8 Å². The molecule has 0 saturated heterocycles. The molecular formula is C24H27N3O5S. The van der Waals surface area contributed by atoms with Gasteiger partial charge in [0.05, 0.1) is 17.5 Å². The van der Waals surface area contributed by atoms with E-state index in [0.717, 1.165) is 23.8 Å². The first-order valence-corrected chi connectivity index (χ1v) is 12.1. The lowest BCUT2D eigenvalue weighted by Gasteiger charge is -2.21. The topological polar surface area (TPSA) is 113 Å². The molecule has 1 aromatic carbocycles. The Bertz CT molecular complexity index is 1140. The van der Waals surface area contributed by atoms with Crippen LogP contribution in [0.1, 0.15) is 35.9 Å². The molecule has 1 fully saturated rings. The van der Waals surface area contributed by atoms with Crippen molar-refractivity contribution >= 4 is 33.9 Å². The van der Waals surface area contributed by atoms with E-state index >= 15 is 0 Å². The number of fused-ring (bicyclic) bond motifs is 1. The highest BCUT2D eigenvalue weighted by Gasteiger charge is 2.37. The van der Waals surface area contributed by atoms with Gasteiger partial charge in [-0.1, -0.05) is 12.1 Å². The van der Waals surface area contributed by atoms with Crippen LogP contribution in [0.4, 0.5) is 0 Å². The van der Waals surface area contributed by atoms with Crippen LogP contribution in [0.2, 0.25) is 0 Å². The monoisotopic (exact) mass is 469 g/mol. The minimum absolute atomic E-state index is 0.00301. The van der Waals surface area contributed by atoms with Gasteiger partial charge in [-0.25, -0.2) is 4.21 Å². The lowest BCUT2D eigenvalue weighted by atomic mass is 10.1. The van der Waals surface area contributed by atoms with E-state index in [4.69, 9.17) is 4.42 Å². The van der Waals surface area contributed by atoms with Gasteiger partial charge in [-0.15, -0.1) is 0 Å². The Kier molecular flexibility index (Phi) is 7.20. The van der Waals surface area contributed by atoms with Crippen molar-refractivity contribution in [3.05, 3.63) is 60.1 Å². The maximum Gasteiger partial charge on any atom is 0.287 e. The molecule has 2 amide bonds. The maximum atomic E-state index is 12.7. The number of likely N-dealkylation sites (N-methyl/N-ethyl adjacent to an activating group) is 1. The molecule has 3 atom stereocenters. The predicted molar refractivity (Wildman–Crippen MR) is 124 cm³/mol. The van der Waals surface area contributed by atoms with E-state index in [1.165, 1.54) is 0 Å². The standard InChI is InChI=1S/C24H27N3O5S/c1-2-27(23(28)11-16-4-3-5-20(10-16)33(30)31)9-7-17-12-19(17)14-26-24(29)21-13-18-6-8-25-15-22(18)32-21/h3-6,8,10,13,15,17,19H,2,7,9,11-12,14H2,1H3,(H,26,29)(H,30,31). The molecule has 3 unspecified atom stereocenters. The van der Waals surface area contributed by atoms with E-state index in [-0.39, 0.29) is 24.0 Å². The molecule has 174 valence electrons. The number of nitrogens with one attached hydrogen (secondary N) is 1. The van der Waals surface area contributed by atoms with Crippen LogP contribution in [0.15, 0.2) is 58.1 Å². The molecule has 8 nitrogen and oxygen atoms in total. The number of hydrogen-bond acceptors (Lipinski definition) is 5. The summed E-state index contributed by atoms with van der Waals surface area (Å²) in [6.45, 7) is 3.81. The average Bonchev–Trinajstić information content (AvgIpc) is 3.42. The number of benzene rings is 1. The van der Waals surface area contributed by atoms with Gasteiger partial charge in [-0.3, -0.25) is 14.6 Å². The summed E-state index contributed by atoms with van der Waals surface area (Å²) in [4.78, 5) is 31.2. The Morgan fingerprint density at radius 3 is 2.88 bits per heavy atom. The Hall–Kier alpha value is -3.04. The van der Waals surface area contributed by atoms with E-state index in [2.05, 4.69) is 10.3 Å². The van der Waals surface area contributed by atoms with Gasteiger partial charge in [0.25, 0.3) is 5.91 Å². The van der Waals surface area contributed by atoms with E-state index in [1.54, 1.807) is 48.8 Å². The van der Waals surface area contributed by atoms with Crippen LogP contribution in [0.25, 0.3) is 11.0 Å². The second-order valence-corrected chi connectivity index (χ2v) is 9.30. The normalized spacial score (nSPS) is 18.1. The minimum atomic E-state index is -2.06. The molecule has 0 spiro atoms. The number of aromatic nitrogens is 1. The minimum Gasteiger partial charge on any atom is -0.449 e. The van der Waals surface area contributed by atoms with Gasteiger partial charge in [-0.05, 0) is 61.4 Å². The Morgan fingerprint density at radius 2 is 2.12 bits per heavy atom. The average molecular weight is 470 g/mol. The maximum absolute atomic E-state index is 12.7. The number of furan rings is 1. The molecule has 0 aliphatic heterocycles. The summed E-state index contributed by atoms with van der Waals surface area (Å²) >= 11 is -2.06. The molecule has 2 aromatic heterocycles. The summed E-state index contributed by atoms with van der Waals surface area (Å²) < 4.78 is 26.0. The Labute approximate surface area is 194 Å². The van der Waals surface area contributed by atoms with Crippen molar-refractivity contribution in [1.82, 2.24) is 15.2 Å². The quantitative estimate of drug-likeness (QED) is 0.441. The first kappa shape index (κ1) is 23.1. The van der Waals surface area contributed by atoms with Crippen LogP contribution >= 0.6 is 0 Å². The van der Waals surface area contributed by atoms with Crippen LogP contribution in [0.5, 0.6) is 0 Å². The summed E-state index contributed by atoms with van der Waals surface area (Å²) in [5, 5.41) is 3.79. The van der Waals surface area contributed by atoms with Gasteiger partial charge in [0.15, 0.2) is 22.4 Å². The van der Waals surface area contributed by atoms with Gasteiger partial charge in [-0.2, -0.15) is 0 Å². The zero-order chi connectivity index (χ0) is 23.4. The predicted octanol–water partition coefficient (Wildman–Crippen LogP) is 3.26. The molecule has 1 saturated carbocycles. The Morgan fingerprint density at radius 1 is 1.27 bits per heavy atom. The Balaban J connectivity index is 1.21. The molecule has 4 rings (SSSR count). The SMILES string of the molecule is CCN(CCC1CC1CNC(=O)c1cc2ccncc2o1)C(=O)Cc1cccc(S(=O)O)c1. The van der Waals surface area contributed by atoms with Crippen molar-refractivity contribution in [2.45, 2.75) is 31.1 Å². The van der Waals surface area contributed by atoms with Crippen LogP contribution in [0, 0.1) is 11.8 Å². The molecule has 33 heavy (non-hydrogen) atoms. The summed E-state index contributed by atoms with van der Waals surface area (Å²) in [7, 11) is 0. The lowest BCUT2D eigenvalue weighted by molar-refractivity contribution is -0.130. The number of carbonyl (C=O) groups is 2. The largest absolute Gasteiger partial charge is 0.449 e. The first-order chi connectivity index (χ1) is 15.9. The van der Waals surface area contributed by atoms with E-state index < -0.39 is 11.1 Å². The fourth-order valence-corrected chi connectivity index (χ4v) is 4.50. The van der Waals surface area contributed by atoms with Crippen LogP contribution in [-0.2, 0) is 22.3 Å². The van der Waals surface area contributed by atoms with Crippen molar-refractivity contribution in [2.75, 3.05) is 19.6 Å². The van der Waals surface area contributed by atoms with Gasteiger partial charge < -0.3 is 19.2 Å². The highest BCUT2D eigenvalue weighted by atomic mass is 32.2. The van der Waals surface area contributed by atoms with Gasteiger partial charge in [0.1, 0.15) is 0 Å². The second-order valence-electron chi connectivity index (χ2n) is 8.33. The fraction of sp³-hybridized carbons (Fsp3) is 0.375. The molecule has 3 aromatic rings. The molecule has 1 aliphatic carbocycles. The number of hydrogen-bond donors (Lipinski definition) is 2. The second kappa shape index (κ2) is 10.3. The first-order valence-electron chi connectivity index (χ1n) is 11.0. The summed E-state index contributed by atoms with van der Waals surface area (Å²) in [6, 6.07) is 10.2. The summed E-state index contributed by atoms with van der Waals surface area (Å²) in [5.74, 6) is 0.945. The lowest BCUT2D eigenvalue weighted by Crippen LogP contribution is -2.33. The van der Waals surface area contributed by atoms with Crippen molar-refractivity contribution in [3.63, 3.8) is 0 Å². The molecule has 2 heterocycles. The van der Waals surface area contributed by atoms with E-state index in [0.29, 0.717) is 41.9 Å². The number of nitrogens with zero attached hydrogens (tertiary/aromatic N) is 2. The molecule has 0 bridgehead atoms. The number of amides is 2. The van der Waals surface area contributed by atoms with Crippen molar-refractivity contribution in [1.29, 1.82) is 0 Å². The molecule has 9 heteroatoms. The molecular weight excluding hydrogens is 442 g/mol. The fourth-order valence-electron chi connectivity index (χ4n) is 4.05. The van der Waals surface area contributed by atoms with Gasteiger partial charge in [0.2, 0.25) is 5.91 Å². The molecule has 1 aliphatic rings. The third-order valence-corrected chi connectivity index (χ3v) is 6.76. The number of rotatable bonds is 10. The highest BCUT2D eigenvalue weighted by molar-refractivity contribution is 7.79. The third-order valence-electron chi connectivity index (χ3n) is 6.10. The van der Waals surface area contributed by atoms with E-state index in [9.17, 15) is 18.4 Å².